The number of aromatic nitrogens is 2. The quantitative estimate of drug-likeness (QED) is 0.614. The lowest BCUT2D eigenvalue weighted by atomic mass is 10.1. The highest BCUT2D eigenvalue weighted by molar-refractivity contribution is 6.30. The van der Waals surface area contributed by atoms with E-state index in [0.29, 0.717) is 5.56 Å². The third kappa shape index (κ3) is 3.50. The number of nitrogens with zero attached hydrogens (tertiary/aromatic N) is 3. The van der Waals surface area contributed by atoms with Crippen LogP contribution >= 0.6 is 11.6 Å². The monoisotopic (exact) mass is 335 g/mol. The summed E-state index contributed by atoms with van der Waals surface area (Å²) in [6.07, 6.45) is 4.31. The number of benzene rings is 2. The van der Waals surface area contributed by atoms with Crippen LogP contribution in [0.15, 0.2) is 54.7 Å². The number of imidazole rings is 1. The Morgan fingerprint density at radius 3 is 2.33 bits per heavy atom. The summed E-state index contributed by atoms with van der Waals surface area (Å²) in [5.41, 5.74) is 3.65. The molecule has 3 rings (SSSR count). The normalized spacial score (nSPS) is 10.5. The van der Waals surface area contributed by atoms with Crippen LogP contribution in [0.4, 0.5) is 0 Å². The minimum Gasteiger partial charge on any atom is -0.330 e. The van der Waals surface area contributed by atoms with Crippen LogP contribution in [0.5, 0.6) is 0 Å². The Morgan fingerprint density at radius 1 is 1.04 bits per heavy atom. The number of nitriles is 1. The van der Waals surface area contributed by atoms with Crippen LogP contribution in [-0.2, 0) is 6.54 Å². The van der Waals surface area contributed by atoms with E-state index in [4.69, 9.17) is 21.8 Å². The zero-order valence-electron chi connectivity index (χ0n) is 13.5. The summed E-state index contributed by atoms with van der Waals surface area (Å²) < 4.78 is 2.19. The van der Waals surface area contributed by atoms with Gasteiger partial charge in [-0.1, -0.05) is 37.1 Å². The first-order valence-electron chi connectivity index (χ1n) is 8.05. The van der Waals surface area contributed by atoms with E-state index in [1.807, 2.05) is 48.5 Å². The molecule has 1 aromatic heterocycles. The Bertz CT molecular complexity index is 855. The largest absolute Gasteiger partial charge is 0.330 e. The zero-order valence-corrected chi connectivity index (χ0v) is 14.3. The number of rotatable bonds is 5. The highest BCUT2D eigenvalue weighted by atomic mass is 35.5. The molecule has 0 radical (unpaired) electrons. The maximum absolute atomic E-state index is 8.96. The fourth-order valence-corrected chi connectivity index (χ4v) is 2.72. The van der Waals surface area contributed by atoms with Gasteiger partial charge in [-0.05, 0) is 42.8 Å². The molecule has 0 aliphatic heterocycles. The van der Waals surface area contributed by atoms with E-state index in [2.05, 4.69) is 23.8 Å². The average Bonchev–Trinajstić information content (AvgIpc) is 3.04. The minimum atomic E-state index is 0.656. The number of unbranched alkanes of at least 4 members (excludes halogenated alkanes) is 1. The number of hydrogen-bond donors (Lipinski definition) is 0. The molecule has 0 bridgehead atoms. The van der Waals surface area contributed by atoms with E-state index in [0.717, 1.165) is 47.1 Å². The number of hydrogen-bond acceptors (Lipinski definition) is 2. The second-order valence-electron chi connectivity index (χ2n) is 5.69. The van der Waals surface area contributed by atoms with Crippen molar-refractivity contribution in [2.45, 2.75) is 26.3 Å². The van der Waals surface area contributed by atoms with E-state index in [1.165, 1.54) is 0 Å². The highest BCUT2D eigenvalue weighted by Gasteiger charge is 2.11. The Hall–Kier alpha value is -2.57. The topological polar surface area (TPSA) is 41.6 Å². The van der Waals surface area contributed by atoms with Crippen LogP contribution in [0, 0.1) is 11.3 Å². The van der Waals surface area contributed by atoms with Gasteiger partial charge in [-0.15, -0.1) is 0 Å². The summed E-state index contributed by atoms with van der Waals surface area (Å²) in [7, 11) is 0. The molecular weight excluding hydrogens is 318 g/mol. The summed E-state index contributed by atoms with van der Waals surface area (Å²) in [6, 6.07) is 17.4. The molecule has 0 amide bonds. The van der Waals surface area contributed by atoms with Crippen molar-refractivity contribution in [3.8, 4) is 28.7 Å². The van der Waals surface area contributed by atoms with Gasteiger partial charge in [-0.3, -0.25) is 0 Å². The van der Waals surface area contributed by atoms with Crippen LogP contribution in [0.25, 0.3) is 22.6 Å². The zero-order chi connectivity index (χ0) is 16.9. The molecule has 0 fully saturated rings. The maximum atomic E-state index is 8.96. The molecule has 0 atom stereocenters. The van der Waals surface area contributed by atoms with Gasteiger partial charge < -0.3 is 4.57 Å². The van der Waals surface area contributed by atoms with Gasteiger partial charge in [0.25, 0.3) is 0 Å². The predicted molar refractivity (Wildman–Crippen MR) is 97.7 cm³/mol. The Kier molecular flexibility index (Phi) is 4.98. The molecule has 0 saturated carbocycles. The molecule has 0 saturated heterocycles. The van der Waals surface area contributed by atoms with E-state index in [-0.39, 0.29) is 0 Å². The van der Waals surface area contributed by atoms with Crippen LogP contribution in [0.2, 0.25) is 5.02 Å². The second kappa shape index (κ2) is 7.33. The molecular formula is C20H18ClN3. The molecule has 2 aromatic carbocycles. The summed E-state index contributed by atoms with van der Waals surface area (Å²) in [5.74, 6) is 0.929. The molecule has 3 aromatic rings. The lowest BCUT2D eigenvalue weighted by Gasteiger charge is -2.06. The Labute approximate surface area is 147 Å². The lowest BCUT2D eigenvalue weighted by Crippen LogP contribution is -1.99. The van der Waals surface area contributed by atoms with E-state index in [9.17, 15) is 0 Å². The molecule has 24 heavy (non-hydrogen) atoms. The van der Waals surface area contributed by atoms with Gasteiger partial charge in [0.15, 0.2) is 0 Å². The fraction of sp³-hybridized carbons (Fsp3) is 0.200. The first kappa shape index (κ1) is 16.3. The summed E-state index contributed by atoms with van der Waals surface area (Å²) in [5, 5.41) is 9.68. The minimum absolute atomic E-state index is 0.656. The van der Waals surface area contributed by atoms with Crippen molar-refractivity contribution in [3.63, 3.8) is 0 Å². The summed E-state index contributed by atoms with van der Waals surface area (Å²) >= 11 is 5.98. The van der Waals surface area contributed by atoms with Gasteiger partial charge >= 0.3 is 0 Å². The molecule has 120 valence electrons. The van der Waals surface area contributed by atoms with Crippen LogP contribution in [0.3, 0.4) is 0 Å². The first-order chi connectivity index (χ1) is 11.7. The molecule has 0 aliphatic rings. The fourth-order valence-electron chi connectivity index (χ4n) is 2.60. The van der Waals surface area contributed by atoms with E-state index < -0.39 is 0 Å². The smallest absolute Gasteiger partial charge is 0.140 e. The molecule has 0 N–H and O–H groups in total. The third-order valence-corrected chi connectivity index (χ3v) is 4.19. The Morgan fingerprint density at radius 2 is 1.71 bits per heavy atom. The summed E-state index contributed by atoms with van der Waals surface area (Å²) in [4.78, 5) is 4.83. The van der Waals surface area contributed by atoms with Crippen LogP contribution in [-0.4, -0.2) is 9.55 Å². The van der Waals surface area contributed by atoms with Crippen molar-refractivity contribution in [1.29, 1.82) is 5.26 Å². The third-order valence-electron chi connectivity index (χ3n) is 3.94. The van der Waals surface area contributed by atoms with Crippen molar-refractivity contribution in [2.24, 2.45) is 0 Å². The lowest BCUT2D eigenvalue weighted by molar-refractivity contribution is 0.637. The molecule has 1 heterocycles. The van der Waals surface area contributed by atoms with Gasteiger partial charge in [0.05, 0.1) is 17.3 Å². The van der Waals surface area contributed by atoms with Gasteiger partial charge in [-0.2, -0.15) is 5.26 Å². The number of halogens is 1. The number of aryl methyl sites for hydroxylation is 1. The molecule has 0 spiro atoms. The standard InChI is InChI=1S/C20H18ClN3/c1-2-3-12-24-14-19(16-8-10-18(21)11-9-16)23-20(24)17-6-4-15(13-22)5-7-17/h4-11,14H,2-3,12H2,1H3. The maximum Gasteiger partial charge on any atom is 0.140 e. The summed E-state index contributed by atoms with van der Waals surface area (Å²) in [6.45, 7) is 3.10. The van der Waals surface area contributed by atoms with E-state index in [1.54, 1.807) is 0 Å². The second-order valence-corrected chi connectivity index (χ2v) is 6.13. The van der Waals surface area contributed by atoms with Crippen molar-refractivity contribution >= 4 is 11.6 Å². The van der Waals surface area contributed by atoms with Crippen molar-refractivity contribution in [3.05, 3.63) is 65.3 Å². The molecule has 0 unspecified atom stereocenters. The van der Waals surface area contributed by atoms with Crippen molar-refractivity contribution in [1.82, 2.24) is 9.55 Å². The van der Waals surface area contributed by atoms with Gasteiger partial charge in [-0.25, -0.2) is 4.98 Å². The van der Waals surface area contributed by atoms with Gasteiger partial charge in [0.1, 0.15) is 5.82 Å². The van der Waals surface area contributed by atoms with Crippen LogP contribution < -0.4 is 0 Å². The van der Waals surface area contributed by atoms with Crippen molar-refractivity contribution < 1.29 is 0 Å². The predicted octanol–water partition coefficient (Wildman–Crippen LogP) is 5.54. The molecule has 0 aliphatic carbocycles. The van der Waals surface area contributed by atoms with Gasteiger partial charge in [0.2, 0.25) is 0 Å². The Balaban J connectivity index is 2.02. The van der Waals surface area contributed by atoms with E-state index >= 15 is 0 Å². The SMILES string of the molecule is CCCCn1cc(-c2ccc(Cl)cc2)nc1-c1ccc(C#N)cc1. The molecule has 4 heteroatoms. The highest BCUT2D eigenvalue weighted by Crippen LogP contribution is 2.26. The van der Waals surface area contributed by atoms with Crippen molar-refractivity contribution in [2.75, 3.05) is 0 Å². The van der Waals surface area contributed by atoms with Crippen LogP contribution in [0.1, 0.15) is 25.3 Å². The first-order valence-corrected chi connectivity index (χ1v) is 8.42. The average molecular weight is 336 g/mol. The molecule has 3 nitrogen and oxygen atoms in total. The van der Waals surface area contributed by atoms with Gasteiger partial charge in [0, 0.05) is 28.9 Å².